The molecule has 1 aliphatic carbocycles. The molecule has 80 valence electrons. The number of amidine groups is 1. The van der Waals surface area contributed by atoms with Crippen LogP contribution in [0.3, 0.4) is 0 Å². The molecule has 0 aromatic heterocycles. The summed E-state index contributed by atoms with van der Waals surface area (Å²) in [6.07, 6.45) is 1.60. The summed E-state index contributed by atoms with van der Waals surface area (Å²) in [5, 5.41) is 17.5. The van der Waals surface area contributed by atoms with Crippen molar-refractivity contribution in [1.29, 1.82) is 5.41 Å². The van der Waals surface area contributed by atoms with Crippen LogP contribution in [0.1, 0.15) is 23.5 Å². The topological polar surface area (TPSA) is 56.1 Å². The zero-order valence-electron chi connectivity index (χ0n) is 7.85. The van der Waals surface area contributed by atoms with E-state index in [0.717, 1.165) is 24.0 Å². The van der Waals surface area contributed by atoms with Crippen molar-refractivity contribution < 1.29 is 5.21 Å². The summed E-state index contributed by atoms with van der Waals surface area (Å²) in [6.45, 7) is 0. The third-order valence-electron chi connectivity index (χ3n) is 2.72. The summed E-state index contributed by atoms with van der Waals surface area (Å²) in [4.78, 5) is 0. The van der Waals surface area contributed by atoms with Crippen LogP contribution in [-0.4, -0.2) is 11.0 Å². The second kappa shape index (κ2) is 4.00. The Morgan fingerprint density at radius 3 is 2.87 bits per heavy atom. The molecule has 2 rings (SSSR count). The molecule has 0 saturated carbocycles. The average Bonchev–Trinajstić information content (AvgIpc) is 2.60. The van der Waals surface area contributed by atoms with Gasteiger partial charge in [0.2, 0.25) is 0 Å². The second-order valence-corrected chi connectivity index (χ2v) is 4.42. The monoisotopic (exact) mass is 244 g/mol. The second-order valence-electron chi connectivity index (χ2n) is 3.57. The predicted molar refractivity (Wildman–Crippen MR) is 60.2 cm³/mol. The first-order valence-electron chi connectivity index (χ1n) is 4.60. The minimum absolute atomic E-state index is 0.0899. The van der Waals surface area contributed by atoms with E-state index in [-0.39, 0.29) is 11.8 Å². The van der Waals surface area contributed by atoms with Gasteiger partial charge in [0.1, 0.15) is 5.84 Å². The quantitative estimate of drug-likeness (QED) is 0.404. The van der Waals surface area contributed by atoms with Crippen molar-refractivity contribution in [2.75, 3.05) is 0 Å². The highest BCUT2D eigenvalue weighted by molar-refractivity contribution is 6.35. The van der Waals surface area contributed by atoms with Gasteiger partial charge in [-0.25, -0.2) is 0 Å². The molecule has 0 bridgehead atoms. The van der Waals surface area contributed by atoms with Gasteiger partial charge in [-0.15, -0.1) is 0 Å². The van der Waals surface area contributed by atoms with E-state index in [9.17, 15) is 0 Å². The summed E-state index contributed by atoms with van der Waals surface area (Å²) in [5.41, 5.74) is 3.86. The van der Waals surface area contributed by atoms with E-state index in [1.54, 1.807) is 6.07 Å². The first-order valence-corrected chi connectivity index (χ1v) is 5.35. The Balaban J connectivity index is 2.46. The van der Waals surface area contributed by atoms with Gasteiger partial charge in [0.25, 0.3) is 0 Å². The number of hydroxylamine groups is 1. The fraction of sp³-hybridized carbons (Fsp3) is 0.300. The predicted octanol–water partition coefficient (Wildman–Crippen LogP) is 2.98. The number of benzene rings is 1. The lowest BCUT2D eigenvalue weighted by Gasteiger charge is -2.12. The molecular weight excluding hydrogens is 235 g/mol. The van der Waals surface area contributed by atoms with Gasteiger partial charge in [0, 0.05) is 16.0 Å². The van der Waals surface area contributed by atoms with Crippen LogP contribution in [0.15, 0.2) is 12.1 Å². The largest absolute Gasteiger partial charge is 0.290 e. The molecule has 1 aromatic rings. The van der Waals surface area contributed by atoms with E-state index < -0.39 is 0 Å². The fourth-order valence-electron chi connectivity index (χ4n) is 2.02. The van der Waals surface area contributed by atoms with Crippen molar-refractivity contribution in [1.82, 2.24) is 5.48 Å². The van der Waals surface area contributed by atoms with Gasteiger partial charge in [0.15, 0.2) is 0 Å². The number of halogens is 2. The Morgan fingerprint density at radius 1 is 1.47 bits per heavy atom. The molecule has 1 aliphatic rings. The molecule has 1 aromatic carbocycles. The van der Waals surface area contributed by atoms with Crippen molar-refractivity contribution in [3.8, 4) is 0 Å². The summed E-state index contributed by atoms with van der Waals surface area (Å²) < 4.78 is 0. The lowest BCUT2D eigenvalue weighted by Crippen LogP contribution is -2.24. The molecule has 5 heteroatoms. The molecule has 0 amide bonds. The number of nitrogens with one attached hydrogen (secondary N) is 2. The summed E-state index contributed by atoms with van der Waals surface area (Å²) >= 11 is 12.0. The van der Waals surface area contributed by atoms with Crippen LogP contribution in [0.2, 0.25) is 10.0 Å². The third kappa shape index (κ3) is 1.83. The maximum Gasteiger partial charge on any atom is 0.125 e. The van der Waals surface area contributed by atoms with E-state index in [2.05, 4.69) is 0 Å². The van der Waals surface area contributed by atoms with Crippen molar-refractivity contribution in [3.05, 3.63) is 33.3 Å². The summed E-state index contributed by atoms with van der Waals surface area (Å²) in [5.74, 6) is -0.0340. The van der Waals surface area contributed by atoms with E-state index in [1.807, 2.05) is 11.5 Å². The summed E-state index contributed by atoms with van der Waals surface area (Å²) in [6, 6.07) is 3.52. The lowest BCUT2D eigenvalue weighted by atomic mass is 10.0. The van der Waals surface area contributed by atoms with Crippen LogP contribution < -0.4 is 5.48 Å². The van der Waals surface area contributed by atoms with Gasteiger partial charge >= 0.3 is 0 Å². The van der Waals surface area contributed by atoms with Crippen LogP contribution >= 0.6 is 23.2 Å². The number of hydrogen-bond donors (Lipinski definition) is 3. The normalized spacial score (nSPS) is 18.7. The highest BCUT2D eigenvalue weighted by atomic mass is 35.5. The molecule has 3 nitrogen and oxygen atoms in total. The molecule has 0 saturated heterocycles. The van der Waals surface area contributed by atoms with Crippen LogP contribution in [0, 0.1) is 5.41 Å². The van der Waals surface area contributed by atoms with Crippen LogP contribution in [0.25, 0.3) is 0 Å². The smallest absolute Gasteiger partial charge is 0.125 e. The lowest BCUT2D eigenvalue weighted by molar-refractivity contribution is 0.229. The molecule has 0 heterocycles. The summed E-state index contributed by atoms with van der Waals surface area (Å²) in [7, 11) is 0. The third-order valence-corrected chi connectivity index (χ3v) is 3.28. The maximum atomic E-state index is 8.72. The maximum absolute atomic E-state index is 8.72. The van der Waals surface area contributed by atoms with Crippen LogP contribution in [0.5, 0.6) is 0 Å². The van der Waals surface area contributed by atoms with Crippen molar-refractivity contribution in [3.63, 3.8) is 0 Å². The van der Waals surface area contributed by atoms with Gasteiger partial charge in [0.05, 0.1) is 0 Å². The van der Waals surface area contributed by atoms with Gasteiger partial charge in [-0.1, -0.05) is 23.2 Å². The Bertz CT molecular complexity index is 420. The molecular formula is C10H10Cl2N2O. The van der Waals surface area contributed by atoms with Gasteiger partial charge < -0.3 is 0 Å². The molecule has 1 atom stereocenters. The molecule has 0 fully saturated rings. The highest BCUT2D eigenvalue weighted by Gasteiger charge is 2.28. The SMILES string of the molecule is N=C(NO)C1CCc2c(Cl)cc(Cl)cc21. The molecule has 15 heavy (non-hydrogen) atoms. The molecule has 0 aliphatic heterocycles. The zero-order valence-corrected chi connectivity index (χ0v) is 9.36. The molecule has 0 radical (unpaired) electrons. The fourth-order valence-corrected chi connectivity index (χ4v) is 2.62. The standard InChI is InChI=1S/C10H10Cl2N2O/c11-5-3-8-6(9(12)4-5)1-2-7(8)10(13)14-15/h3-4,7,15H,1-2H2,(H2,13,14). The van der Waals surface area contributed by atoms with Crippen molar-refractivity contribution >= 4 is 29.0 Å². The van der Waals surface area contributed by atoms with E-state index in [4.69, 9.17) is 33.8 Å². The van der Waals surface area contributed by atoms with E-state index in [1.165, 1.54) is 0 Å². The number of hydrogen-bond acceptors (Lipinski definition) is 2. The van der Waals surface area contributed by atoms with Crippen molar-refractivity contribution in [2.45, 2.75) is 18.8 Å². The minimum atomic E-state index is -0.124. The van der Waals surface area contributed by atoms with Crippen LogP contribution in [0.4, 0.5) is 0 Å². The van der Waals surface area contributed by atoms with Gasteiger partial charge in [-0.2, -0.15) is 0 Å². The van der Waals surface area contributed by atoms with Crippen molar-refractivity contribution in [2.24, 2.45) is 0 Å². The van der Waals surface area contributed by atoms with E-state index >= 15 is 0 Å². The highest BCUT2D eigenvalue weighted by Crippen LogP contribution is 2.39. The first kappa shape index (κ1) is 10.7. The molecule has 1 unspecified atom stereocenters. The number of fused-ring (bicyclic) bond motifs is 1. The van der Waals surface area contributed by atoms with Crippen LogP contribution in [-0.2, 0) is 6.42 Å². The Labute approximate surface area is 97.5 Å². The zero-order chi connectivity index (χ0) is 11.0. The van der Waals surface area contributed by atoms with Gasteiger partial charge in [-0.3, -0.25) is 16.1 Å². The number of rotatable bonds is 1. The Morgan fingerprint density at radius 2 is 2.20 bits per heavy atom. The average molecular weight is 245 g/mol. The minimum Gasteiger partial charge on any atom is -0.290 e. The molecule has 3 N–H and O–H groups in total. The Kier molecular flexibility index (Phi) is 2.87. The van der Waals surface area contributed by atoms with E-state index in [0.29, 0.717) is 10.0 Å². The first-order chi connectivity index (χ1) is 7.13. The van der Waals surface area contributed by atoms with Gasteiger partial charge in [-0.05, 0) is 36.1 Å². The molecule has 0 spiro atoms. The Hall–Kier alpha value is -0.770.